The molecule has 0 aromatic heterocycles. The van der Waals surface area contributed by atoms with Crippen molar-refractivity contribution in [3.05, 3.63) is 0 Å². The van der Waals surface area contributed by atoms with Gasteiger partial charge in [-0.05, 0) is 38.5 Å². The Morgan fingerprint density at radius 3 is 2.63 bits per heavy atom. The van der Waals surface area contributed by atoms with Crippen LogP contribution in [-0.4, -0.2) is 42.8 Å². The highest BCUT2D eigenvalue weighted by molar-refractivity contribution is 7.88. The van der Waals surface area contributed by atoms with Gasteiger partial charge in [0.25, 0.3) is 0 Å². The van der Waals surface area contributed by atoms with Gasteiger partial charge in [-0.25, -0.2) is 12.7 Å². The van der Waals surface area contributed by atoms with Gasteiger partial charge < -0.3 is 5.11 Å². The lowest BCUT2D eigenvalue weighted by Gasteiger charge is -2.35. The van der Waals surface area contributed by atoms with E-state index in [2.05, 4.69) is 6.92 Å². The van der Waals surface area contributed by atoms with Crippen molar-refractivity contribution in [2.24, 2.45) is 5.92 Å². The zero-order chi connectivity index (χ0) is 14.5. The predicted octanol–water partition coefficient (Wildman–Crippen LogP) is 2.38. The van der Waals surface area contributed by atoms with Crippen molar-refractivity contribution in [3.8, 4) is 0 Å². The summed E-state index contributed by atoms with van der Waals surface area (Å²) in [5.41, 5.74) is -0.652. The molecule has 19 heavy (non-hydrogen) atoms. The average molecular weight is 291 g/mol. The summed E-state index contributed by atoms with van der Waals surface area (Å²) in [5, 5.41) is 10.4. The summed E-state index contributed by atoms with van der Waals surface area (Å²) in [7, 11) is -3.08. The summed E-state index contributed by atoms with van der Waals surface area (Å²) in [5.74, 6) is 0.292. The van der Waals surface area contributed by atoms with E-state index in [4.69, 9.17) is 0 Å². The molecule has 2 unspecified atom stereocenters. The minimum absolute atomic E-state index is 0.292. The standard InChI is InChI=1S/C14H29NO3S/c1-4-5-6-9-14(2,16)11-13-8-7-10-15(12-13)19(3,17)18/h13,16H,4-12H2,1-3H3. The summed E-state index contributed by atoms with van der Waals surface area (Å²) < 4.78 is 24.7. The molecule has 4 nitrogen and oxygen atoms in total. The zero-order valence-electron chi connectivity index (χ0n) is 12.6. The Morgan fingerprint density at radius 1 is 1.37 bits per heavy atom. The molecule has 1 fully saturated rings. The van der Waals surface area contributed by atoms with Gasteiger partial charge in [0.1, 0.15) is 0 Å². The van der Waals surface area contributed by atoms with Gasteiger partial charge >= 0.3 is 0 Å². The molecule has 0 aromatic carbocycles. The molecule has 0 bridgehead atoms. The van der Waals surface area contributed by atoms with Crippen LogP contribution in [0.15, 0.2) is 0 Å². The number of nitrogens with zero attached hydrogens (tertiary/aromatic N) is 1. The van der Waals surface area contributed by atoms with E-state index >= 15 is 0 Å². The van der Waals surface area contributed by atoms with Crippen molar-refractivity contribution in [1.29, 1.82) is 0 Å². The fraction of sp³-hybridized carbons (Fsp3) is 1.00. The molecule has 0 spiro atoms. The van der Waals surface area contributed by atoms with E-state index in [1.165, 1.54) is 6.26 Å². The molecule has 1 aliphatic heterocycles. The number of sulfonamides is 1. The van der Waals surface area contributed by atoms with Crippen molar-refractivity contribution in [3.63, 3.8) is 0 Å². The van der Waals surface area contributed by atoms with Crippen LogP contribution in [-0.2, 0) is 10.0 Å². The van der Waals surface area contributed by atoms with Crippen LogP contribution in [0.25, 0.3) is 0 Å². The maximum absolute atomic E-state index is 11.6. The number of aliphatic hydroxyl groups is 1. The molecule has 2 atom stereocenters. The smallest absolute Gasteiger partial charge is 0.211 e. The molecule has 0 aromatic rings. The number of rotatable bonds is 7. The third kappa shape index (κ3) is 6.23. The Bertz CT molecular complexity index is 365. The number of hydrogen-bond acceptors (Lipinski definition) is 3. The van der Waals surface area contributed by atoms with Gasteiger partial charge in [-0.2, -0.15) is 0 Å². The fourth-order valence-corrected chi connectivity index (χ4v) is 3.92. The highest BCUT2D eigenvalue weighted by Crippen LogP contribution is 2.29. The van der Waals surface area contributed by atoms with Gasteiger partial charge in [-0.15, -0.1) is 0 Å². The van der Waals surface area contributed by atoms with Gasteiger partial charge in [-0.1, -0.05) is 26.2 Å². The van der Waals surface area contributed by atoms with Crippen LogP contribution >= 0.6 is 0 Å². The summed E-state index contributed by atoms with van der Waals surface area (Å²) in [6.07, 6.45) is 8.08. The first kappa shape index (κ1) is 16.9. The van der Waals surface area contributed by atoms with Crippen molar-refractivity contribution in [2.45, 2.75) is 64.4 Å². The quantitative estimate of drug-likeness (QED) is 0.733. The molecule has 0 amide bonds. The summed E-state index contributed by atoms with van der Waals surface area (Å²) in [6, 6.07) is 0. The maximum Gasteiger partial charge on any atom is 0.211 e. The Morgan fingerprint density at radius 2 is 2.05 bits per heavy atom. The number of hydrogen-bond donors (Lipinski definition) is 1. The lowest BCUT2D eigenvalue weighted by molar-refractivity contribution is 0.0150. The van der Waals surface area contributed by atoms with Crippen molar-refractivity contribution in [1.82, 2.24) is 4.31 Å². The third-order valence-electron chi connectivity index (χ3n) is 4.00. The number of piperidine rings is 1. The normalized spacial score (nSPS) is 25.2. The van der Waals surface area contributed by atoms with Crippen LogP contribution in [0, 0.1) is 5.92 Å². The second-order valence-electron chi connectivity index (χ2n) is 6.29. The van der Waals surface area contributed by atoms with E-state index in [0.717, 1.165) is 38.5 Å². The molecule has 114 valence electrons. The van der Waals surface area contributed by atoms with E-state index < -0.39 is 15.6 Å². The highest BCUT2D eigenvalue weighted by atomic mass is 32.2. The van der Waals surface area contributed by atoms with Gasteiger partial charge in [0.05, 0.1) is 11.9 Å². The highest BCUT2D eigenvalue weighted by Gasteiger charge is 2.31. The Balaban J connectivity index is 2.47. The zero-order valence-corrected chi connectivity index (χ0v) is 13.4. The van der Waals surface area contributed by atoms with Gasteiger partial charge in [0.15, 0.2) is 0 Å². The second kappa shape index (κ2) is 7.04. The van der Waals surface area contributed by atoms with Crippen LogP contribution < -0.4 is 0 Å². The first-order valence-corrected chi connectivity index (χ1v) is 9.27. The lowest BCUT2D eigenvalue weighted by atomic mass is 9.84. The minimum atomic E-state index is -3.08. The van der Waals surface area contributed by atoms with Crippen LogP contribution in [0.5, 0.6) is 0 Å². The van der Waals surface area contributed by atoms with Crippen molar-refractivity contribution in [2.75, 3.05) is 19.3 Å². The molecule has 0 radical (unpaired) electrons. The van der Waals surface area contributed by atoms with E-state index in [0.29, 0.717) is 25.4 Å². The van der Waals surface area contributed by atoms with E-state index in [-0.39, 0.29) is 0 Å². The minimum Gasteiger partial charge on any atom is -0.390 e. The second-order valence-corrected chi connectivity index (χ2v) is 8.27. The summed E-state index contributed by atoms with van der Waals surface area (Å²) >= 11 is 0. The lowest BCUT2D eigenvalue weighted by Crippen LogP contribution is -2.41. The topological polar surface area (TPSA) is 57.6 Å². The molecule has 0 saturated carbocycles. The SMILES string of the molecule is CCCCCC(C)(O)CC1CCCN(S(C)(=O)=O)C1. The van der Waals surface area contributed by atoms with Gasteiger partial charge in [0, 0.05) is 13.1 Å². The van der Waals surface area contributed by atoms with Gasteiger partial charge in [0.2, 0.25) is 10.0 Å². The van der Waals surface area contributed by atoms with E-state index in [9.17, 15) is 13.5 Å². The van der Waals surface area contributed by atoms with E-state index in [1.54, 1.807) is 4.31 Å². The number of unbranched alkanes of at least 4 members (excludes halogenated alkanes) is 2. The molecule has 1 aliphatic rings. The van der Waals surface area contributed by atoms with E-state index in [1.807, 2.05) is 6.92 Å². The first-order valence-electron chi connectivity index (χ1n) is 7.42. The largest absolute Gasteiger partial charge is 0.390 e. The Kier molecular flexibility index (Phi) is 6.27. The molecule has 1 saturated heterocycles. The van der Waals surface area contributed by atoms with Crippen LogP contribution in [0.2, 0.25) is 0 Å². The maximum atomic E-state index is 11.6. The molecular weight excluding hydrogens is 262 g/mol. The summed E-state index contributed by atoms with van der Waals surface area (Å²) in [4.78, 5) is 0. The van der Waals surface area contributed by atoms with Crippen LogP contribution in [0.3, 0.4) is 0 Å². The molecule has 5 heteroatoms. The van der Waals surface area contributed by atoms with Crippen molar-refractivity contribution >= 4 is 10.0 Å². The molecule has 0 aliphatic carbocycles. The third-order valence-corrected chi connectivity index (χ3v) is 5.27. The fourth-order valence-electron chi connectivity index (χ4n) is 2.97. The predicted molar refractivity (Wildman–Crippen MR) is 78.5 cm³/mol. The molecule has 1 heterocycles. The monoisotopic (exact) mass is 291 g/mol. The molecule has 1 N–H and O–H groups in total. The van der Waals surface area contributed by atoms with Crippen LogP contribution in [0.1, 0.15) is 58.8 Å². The van der Waals surface area contributed by atoms with Crippen LogP contribution in [0.4, 0.5) is 0 Å². The Hall–Kier alpha value is -0.130. The van der Waals surface area contributed by atoms with Crippen molar-refractivity contribution < 1.29 is 13.5 Å². The Labute approximate surface area is 118 Å². The first-order chi connectivity index (χ1) is 8.74. The average Bonchev–Trinajstić information content (AvgIpc) is 2.27. The molecule has 1 rings (SSSR count). The summed E-state index contributed by atoms with van der Waals surface area (Å²) in [6.45, 7) is 5.25. The van der Waals surface area contributed by atoms with Gasteiger partial charge in [-0.3, -0.25) is 0 Å². The molecular formula is C14H29NO3S.